The molecule has 0 bridgehead atoms. The van der Waals surface area contributed by atoms with Gasteiger partial charge in [-0.2, -0.15) is 0 Å². The standard InChI is InChI=1S/C13H16Br2N2OS/c14-12-6-10(13(15)19-12)11(18)8-16-4-5-17-3-1-2-9(17)7-16/h6,9H,1-5,7-8H2. The predicted octanol–water partition coefficient (Wildman–Crippen LogP) is 3.24. The van der Waals surface area contributed by atoms with Crippen molar-refractivity contribution < 1.29 is 4.79 Å². The van der Waals surface area contributed by atoms with Crippen molar-refractivity contribution in [2.75, 3.05) is 32.7 Å². The van der Waals surface area contributed by atoms with Gasteiger partial charge in [-0.1, -0.05) is 0 Å². The molecule has 0 aliphatic carbocycles. The van der Waals surface area contributed by atoms with Crippen LogP contribution in [0, 0.1) is 0 Å². The monoisotopic (exact) mass is 406 g/mol. The number of fused-ring (bicyclic) bond motifs is 1. The Kier molecular flexibility index (Phi) is 4.43. The number of ketones is 1. The van der Waals surface area contributed by atoms with Gasteiger partial charge in [0.25, 0.3) is 0 Å². The third-order valence-corrected chi connectivity index (χ3v) is 6.34. The number of rotatable bonds is 3. The Morgan fingerprint density at radius 2 is 2.21 bits per heavy atom. The van der Waals surface area contributed by atoms with Crippen molar-refractivity contribution in [1.82, 2.24) is 9.80 Å². The van der Waals surface area contributed by atoms with E-state index in [2.05, 4.69) is 41.7 Å². The van der Waals surface area contributed by atoms with Crippen molar-refractivity contribution in [2.24, 2.45) is 0 Å². The van der Waals surface area contributed by atoms with Crippen molar-refractivity contribution in [3.8, 4) is 0 Å². The first kappa shape index (κ1) is 14.2. The lowest BCUT2D eigenvalue weighted by atomic mass is 10.1. The second-order valence-corrected chi connectivity index (χ2v) is 8.98. The fourth-order valence-electron chi connectivity index (χ4n) is 3.02. The Morgan fingerprint density at radius 3 is 2.95 bits per heavy atom. The van der Waals surface area contributed by atoms with Crippen LogP contribution in [0.4, 0.5) is 0 Å². The molecule has 2 aliphatic rings. The molecular formula is C13H16Br2N2OS. The first-order valence-electron chi connectivity index (χ1n) is 6.58. The lowest BCUT2D eigenvalue weighted by Crippen LogP contribution is -2.51. The van der Waals surface area contributed by atoms with Gasteiger partial charge in [0, 0.05) is 31.2 Å². The predicted molar refractivity (Wildman–Crippen MR) is 85.1 cm³/mol. The summed E-state index contributed by atoms with van der Waals surface area (Å²) in [6, 6.07) is 2.60. The molecule has 104 valence electrons. The van der Waals surface area contributed by atoms with Crippen LogP contribution in [0.2, 0.25) is 0 Å². The molecule has 0 saturated carbocycles. The van der Waals surface area contributed by atoms with Crippen LogP contribution in [-0.4, -0.2) is 54.3 Å². The van der Waals surface area contributed by atoms with Crippen molar-refractivity contribution in [2.45, 2.75) is 18.9 Å². The number of hydrogen-bond acceptors (Lipinski definition) is 4. The fourth-order valence-corrected chi connectivity index (χ4v) is 5.87. The Labute approximate surface area is 134 Å². The van der Waals surface area contributed by atoms with Gasteiger partial charge in [-0.05, 0) is 57.3 Å². The largest absolute Gasteiger partial charge is 0.298 e. The summed E-state index contributed by atoms with van der Waals surface area (Å²) in [7, 11) is 0. The molecule has 0 aromatic carbocycles. The van der Waals surface area contributed by atoms with E-state index in [0.717, 1.165) is 32.8 Å². The number of Topliss-reactive ketones (excluding diaryl/α,β-unsaturated/α-hetero) is 1. The molecule has 0 amide bonds. The number of carbonyl (C=O) groups is 1. The van der Waals surface area contributed by atoms with Gasteiger partial charge < -0.3 is 0 Å². The van der Waals surface area contributed by atoms with Crippen LogP contribution in [0.25, 0.3) is 0 Å². The zero-order chi connectivity index (χ0) is 13.4. The molecule has 0 radical (unpaired) electrons. The van der Waals surface area contributed by atoms with Gasteiger partial charge >= 0.3 is 0 Å². The molecule has 2 aliphatic heterocycles. The summed E-state index contributed by atoms with van der Waals surface area (Å²) in [5.74, 6) is 0.222. The van der Waals surface area contributed by atoms with E-state index in [1.165, 1.54) is 19.4 Å². The Hall–Kier alpha value is 0.250. The summed E-state index contributed by atoms with van der Waals surface area (Å²) in [6.45, 7) is 4.98. The maximum atomic E-state index is 12.3. The van der Waals surface area contributed by atoms with E-state index in [-0.39, 0.29) is 5.78 Å². The van der Waals surface area contributed by atoms with Crippen LogP contribution in [0.15, 0.2) is 13.6 Å². The van der Waals surface area contributed by atoms with Crippen molar-refractivity contribution in [3.05, 3.63) is 19.2 Å². The minimum atomic E-state index is 0.222. The van der Waals surface area contributed by atoms with Crippen LogP contribution in [0.3, 0.4) is 0 Å². The molecular weight excluding hydrogens is 392 g/mol. The minimum absolute atomic E-state index is 0.222. The maximum Gasteiger partial charge on any atom is 0.178 e. The van der Waals surface area contributed by atoms with Crippen molar-refractivity contribution in [3.63, 3.8) is 0 Å². The Balaban J connectivity index is 1.62. The number of halogens is 2. The second kappa shape index (κ2) is 5.93. The smallest absolute Gasteiger partial charge is 0.178 e. The van der Waals surface area contributed by atoms with Crippen LogP contribution in [0.5, 0.6) is 0 Å². The Bertz CT molecular complexity index is 491. The van der Waals surface area contributed by atoms with Gasteiger partial charge in [0.05, 0.1) is 14.1 Å². The summed E-state index contributed by atoms with van der Waals surface area (Å²) in [6.07, 6.45) is 2.61. The maximum absolute atomic E-state index is 12.3. The number of piperazine rings is 1. The molecule has 3 nitrogen and oxygen atoms in total. The highest BCUT2D eigenvalue weighted by molar-refractivity contribution is 9.12. The topological polar surface area (TPSA) is 23.6 Å². The van der Waals surface area contributed by atoms with Crippen LogP contribution in [-0.2, 0) is 0 Å². The number of hydrogen-bond donors (Lipinski definition) is 0. The molecule has 6 heteroatoms. The molecule has 1 atom stereocenters. The lowest BCUT2D eigenvalue weighted by molar-refractivity contribution is 0.0784. The molecule has 2 fully saturated rings. The van der Waals surface area contributed by atoms with Crippen molar-refractivity contribution in [1.29, 1.82) is 0 Å². The molecule has 3 heterocycles. The van der Waals surface area contributed by atoms with Crippen LogP contribution < -0.4 is 0 Å². The fraction of sp³-hybridized carbons (Fsp3) is 0.615. The summed E-state index contributed by atoms with van der Waals surface area (Å²) in [5, 5.41) is 0. The van der Waals surface area contributed by atoms with E-state index in [4.69, 9.17) is 0 Å². The molecule has 1 aromatic rings. The minimum Gasteiger partial charge on any atom is -0.298 e. The molecule has 3 rings (SSSR count). The normalized spacial score (nSPS) is 24.6. The van der Waals surface area contributed by atoms with E-state index in [1.54, 1.807) is 11.3 Å². The van der Waals surface area contributed by atoms with Gasteiger partial charge in [0.15, 0.2) is 5.78 Å². The SMILES string of the molecule is O=C(CN1CCN2CCCC2C1)c1cc(Br)sc1Br. The summed E-state index contributed by atoms with van der Waals surface area (Å²) < 4.78 is 1.94. The molecule has 0 spiro atoms. The van der Waals surface area contributed by atoms with Gasteiger partial charge in [-0.15, -0.1) is 11.3 Å². The summed E-state index contributed by atoms with van der Waals surface area (Å²) in [5.41, 5.74) is 0.811. The highest BCUT2D eigenvalue weighted by Gasteiger charge is 2.31. The van der Waals surface area contributed by atoms with E-state index in [1.807, 2.05) is 6.07 Å². The average Bonchev–Trinajstić information content (AvgIpc) is 2.94. The van der Waals surface area contributed by atoms with Crippen LogP contribution in [0.1, 0.15) is 23.2 Å². The van der Waals surface area contributed by atoms with Crippen LogP contribution >= 0.6 is 43.2 Å². The third-order valence-electron chi connectivity index (χ3n) is 4.00. The number of carbonyl (C=O) groups excluding carboxylic acids is 1. The molecule has 19 heavy (non-hydrogen) atoms. The zero-order valence-corrected chi connectivity index (χ0v) is 14.6. The van der Waals surface area contributed by atoms with E-state index >= 15 is 0 Å². The van der Waals surface area contributed by atoms with Gasteiger partial charge in [-0.3, -0.25) is 14.6 Å². The average molecular weight is 408 g/mol. The van der Waals surface area contributed by atoms with Gasteiger partial charge in [-0.25, -0.2) is 0 Å². The van der Waals surface area contributed by atoms with E-state index in [0.29, 0.717) is 12.6 Å². The first-order chi connectivity index (χ1) is 9.13. The molecule has 1 unspecified atom stereocenters. The highest BCUT2D eigenvalue weighted by atomic mass is 79.9. The van der Waals surface area contributed by atoms with E-state index in [9.17, 15) is 4.79 Å². The second-order valence-electron chi connectivity index (χ2n) is 5.23. The van der Waals surface area contributed by atoms with Gasteiger partial charge in [0.1, 0.15) is 0 Å². The summed E-state index contributed by atoms with van der Waals surface area (Å²) in [4.78, 5) is 17.2. The molecule has 1 aromatic heterocycles. The number of nitrogens with zero attached hydrogens (tertiary/aromatic N) is 2. The Morgan fingerprint density at radius 1 is 1.37 bits per heavy atom. The quantitative estimate of drug-likeness (QED) is 0.718. The summed E-state index contributed by atoms with van der Waals surface area (Å²) >= 11 is 8.46. The lowest BCUT2D eigenvalue weighted by Gasteiger charge is -2.37. The first-order valence-corrected chi connectivity index (χ1v) is 8.98. The number of thiophene rings is 1. The van der Waals surface area contributed by atoms with E-state index < -0.39 is 0 Å². The van der Waals surface area contributed by atoms with Gasteiger partial charge in [0.2, 0.25) is 0 Å². The third kappa shape index (κ3) is 3.13. The molecule has 0 N–H and O–H groups in total. The molecule has 2 saturated heterocycles. The zero-order valence-electron chi connectivity index (χ0n) is 10.6. The highest BCUT2D eigenvalue weighted by Crippen LogP contribution is 2.32. The van der Waals surface area contributed by atoms with Crippen molar-refractivity contribution >= 4 is 49.0 Å².